The Morgan fingerprint density at radius 2 is 2.27 bits per heavy atom. The number of anilines is 1. The molecule has 2 aromatic heterocycles. The number of fused-ring (bicyclic) bond motifs is 1. The van der Waals surface area contributed by atoms with E-state index in [0.717, 1.165) is 30.4 Å². The van der Waals surface area contributed by atoms with E-state index in [1.165, 1.54) is 0 Å². The van der Waals surface area contributed by atoms with E-state index >= 15 is 0 Å². The summed E-state index contributed by atoms with van der Waals surface area (Å²) in [6, 6.07) is 2.17. The third kappa shape index (κ3) is 2.44. The molecule has 112 valence electrons. The van der Waals surface area contributed by atoms with E-state index in [0.29, 0.717) is 27.3 Å². The summed E-state index contributed by atoms with van der Waals surface area (Å²) in [6.07, 6.45) is 5.44. The van der Waals surface area contributed by atoms with Crippen LogP contribution in [0.25, 0.3) is 11.7 Å². The zero-order valence-electron chi connectivity index (χ0n) is 11.2. The average Bonchev–Trinajstić information content (AvgIpc) is 3.09. The molecule has 1 aliphatic heterocycles. The number of nitrogens with one attached hydrogen (secondary N) is 2. The molecule has 0 spiro atoms. The minimum atomic E-state index is -0.410. The van der Waals surface area contributed by atoms with Crippen LogP contribution in [0.4, 0.5) is 10.6 Å². The predicted molar refractivity (Wildman–Crippen MR) is 83.7 cm³/mol. The molecular formula is C13H10ClN5O2S. The second-order valence-corrected chi connectivity index (χ2v) is 6.47. The van der Waals surface area contributed by atoms with Gasteiger partial charge in [0.2, 0.25) is 0 Å². The van der Waals surface area contributed by atoms with Crippen molar-refractivity contribution in [2.24, 2.45) is 0 Å². The van der Waals surface area contributed by atoms with Crippen LogP contribution >= 0.6 is 23.4 Å². The molecule has 3 heterocycles. The van der Waals surface area contributed by atoms with Gasteiger partial charge in [0.05, 0.1) is 11.1 Å². The Kier molecular flexibility index (Phi) is 3.08. The molecule has 1 saturated carbocycles. The van der Waals surface area contributed by atoms with Gasteiger partial charge in [-0.05, 0) is 30.7 Å². The van der Waals surface area contributed by atoms with E-state index < -0.39 is 5.91 Å². The first-order valence-electron chi connectivity index (χ1n) is 6.66. The molecule has 2 fully saturated rings. The lowest BCUT2D eigenvalue weighted by Gasteiger charge is -2.07. The van der Waals surface area contributed by atoms with Gasteiger partial charge in [-0.25, -0.2) is 4.98 Å². The van der Waals surface area contributed by atoms with Crippen molar-refractivity contribution in [1.82, 2.24) is 19.9 Å². The van der Waals surface area contributed by atoms with Crippen molar-refractivity contribution in [2.45, 2.75) is 18.9 Å². The van der Waals surface area contributed by atoms with Gasteiger partial charge in [0.25, 0.3) is 11.1 Å². The number of carbonyl (C=O) groups is 2. The van der Waals surface area contributed by atoms with Crippen LogP contribution in [0.1, 0.15) is 18.4 Å². The molecule has 9 heteroatoms. The summed E-state index contributed by atoms with van der Waals surface area (Å²) in [4.78, 5) is 27.4. The zero-order chi connectivity index (χ0) is 15.3. The number of amides is 2. The summed E-state index contributed by atoms with van der Waals surface area (Å²) in [6.45, 7) is 0. The average molecular weight is 336 g/mol. The highest BCUT2D eigenvalue weighted by Gasteiger charge is 2.26. The van der Waals surface area contributed by atoms with E-state index in [1.54, 1.807) is 22.9 Å². The fourth-order valence-corrected chi connectivity index (χ4v) is 3.01. The van der Waals surface area contributed by atoms with Gasteiger partial charge in [-0.15, -0.1) is 0 Å². The Bertz CT molecular complexity index is 842. The number of halogens is 1. The van der Waals surface area contributed by atoms with Crippen molar-refractivity contribution in [3.05, 3.63) is 27.9 Å². The van der Waals surface area contributed by atoms with Gasteiger partial charge in [-0.1, -0.05) is 11.6 Å². The van der Waals surface area contributed by atoms with Gasteiger partial charge in [-0.3, -0.25) is 14.9 Å². The second-order valence-electron chi connectivity index (χ2n) is 5.07. The summed E-state index contributed by atoms with van der Waals surface area (Å²) in [5.41, 5.74) is 1.17. The molecule has 2 N–H and O–H groups in total. The lowest BCUT2D eigenvalue weighted by molar-refractivity contribution is -0.115. The quantitative estimate of drug-likeness (QED) is 0.661. The Hall–Kier alpha value is -2.06. The smallest absolute Gasteiger partial charge is 0.290 e. The van der Waals surface area contributed by atoms with Crippen molar-refractivity contribution in [3.63, 3.8) is 0 Å². The molecule has 4 rings (SSSR count). The summed E-state index contributed by atoms with van der Waals surface area (Å²) in [7, 11) is 0. The second kappa shape index (κ2) is 4.99. The number of hydrogen-bond donors (Lipinski definition) is 2. The lowest BCUT2D eigenvalue weighted by atomic mass is 10.3. The Labute approximate surface area is 134 Å². The summed E-state index contributed by atoms with van der Waals surface area (Å²) in [5.74, 6) is 0.356. The first-order chi connectivity index (χ1) is 10.6. The Morgan fingerprint density at radius 3 is 2.95 bits per heavy atom. The van der Waals surface area contributed by atoms with Crippen LogP contribution in [0.3, 0.4) is 0 Å². The molecule has 22 heavy (non-hydrogen) atoms. The SMILES string of the molecule is O=C1NC(=O)C(=Cc2cnn3c(NC4CC4)cc(Cl)nc23)S1. The molecule has 2 aliphatic rings. The summed E-state index contributed by atoms with van der Waals surface area (Å²) >= 11 is 6.93. The molecule has 7 nitrogen and oxygen atoms in total. The molecule has 0 atom stereocenters. The van der Waals surface area contributed by atoms with Crippen molar-refractivity contribution < 1.29 is 9.59 Å². The van der Waals surface area contributed by atoms with Crippen LogP contribution in [-0.4, -0.2) is 31.8 Å². The lowest BCUT2D eigenvalue weighted by Crippen LogP contribution is -2.17. The van der Waals surface area contributed by atoms with Gasteiger partial charge in [-0.2, -0.15) is 9.61 Å². The maximum absolute atomic E-state index is 11.6. The number of imide groups is 1. The summed E-state index contributed by atoms with van der Waals surface area (Å²) in [5, 5.41) is 9.81. The maximum atomic E-state index is 11.6. The third-order valence-electron chi connectivity index (χ3n) is 3.33. The monoisotopic (exact) mass is 335 g/mol. The van der Waals surface area contributed by atoms with Gasteiger partial charge >= 0.3 is 0 Å². The van der Waals surface area contributed by atoms with Crippen molar-refractivity contribution in [1.29, 1.82) is 0 Å². The molecule has 2 aromatic rings. The fourth-order valence-electron chi connectivity index (χ4n) is 2.15. The van der Waals surface area contributed by atoms with E-state index in [2.05, 4.69) is 20.7 Å². The minimum absolute atomic E-state index is 0.318. The fraction of sp³-hybridized carbons (Fsp3) is 0.231. The van der Waals surface area contributed by atoms with Gasteiger partial charge < -0.3 is 5.32 Å². The molecule has 1 saturated heterocycles. The van der Waals surface area contributed by atoms with E-state index in [1.807, 2.05) is 0 Å². The molecular weight excluding hydrogens is 326 g/mol. The molecule has 0 unspecified atom stereocenters. The highest BCUT2D eigenvalue weighted by atomic mass is 35.5. The number of thioether (sulfide) groups is 1. The van der Waals surface area contributed by atoms with Crippen molar-refractivity contribution >= 4 is 52.1 Å². The number of nitrogens with zero attached hydrogens (tertiary/aromatic N) is 3. The highest BCUT2D eigenvalue weighted by molar-refractivity contribution is 8.18. The van der Waals surface area contributed by atoms with Crippen LogP contribution in [0, 0.1) is 0 Å². The Balaban J connectivity index is 1.79. The topological polar surface area (TPSA) is 88.4 Å². The number of aromatic nitrogens is 3. The van der Waals surface area contributed by atoms with Crippen LogP contribution in [0.15, 0.2) is 17.2 Å². The van der Waals surface area contributed by atoms with Crippen LogP contribution < -0.4 is 10.6 Å². The van der Waals surface area contributed by atoms with E-state index in [9.17, 15) is 9.59 Å². The number of hydrogen-bond acceptors (Lipinski definition) is 6. The Morgan fingerprint density at radius 1 is 1.45 bits per heavy atom. The first-order valence-corrected chi connectivity index (χ1v) is 7.85. The van der Waals surface area contributed by atoms with Crippen LogP contribution in [0.2, 0.25) is 5.15 Å². The van der Waals surface area contributed by atoms with Crippen molar-refractivity contribution in [3.8, 4) is 0 Å². The molecule has 1 aliphatic carbocycles. The molecule has 2 amide bonds. The largest absolute Gasteiger partial charge is 0.367 e. The molecule has 0 radical (unpaired) electrons. The third-order valence-corrected chi connectivity index (χ3v) is 4.33. The van der Waals surface area contributed by atoms with Crippen LogP contribution in [0.5, 0.6) is 0 Å². The first kappa shape index (κ1) is 13.6. The molecule has 0 bridgehead atoms. The standard InChI is InChI=1S/C13H10ClN5O2S/c14-9-4-10(16-7-1-2-7)19-11(17-9)6(5-15-19)3-8-12(20)18-13(21)22-8/h3-5,7,16H,1-2H2,(H,18,20,21). The van der Waals surface area contributed by atoms with E-state index in [4.69, 9.17) is 11.6 Å². The van der Waals surface area contributed by atoms with Gasteiger partial charge in [0, 0.05) is 17.7 Å². The molecule has 0 aromatic carbocycles. The van der Waals surface area contributed by atoms with Gasteiger partial charge in [0.15, 0.2) is 5.65 Å². The summed E-state index contributed by atoms with van der Waals surface area (Å²) < 4.78 is 1.65. The van der Waals surface area contributed by atoms with E-state index in [-0.39, 0.29) is 5.24 Å². The minimum Gasteiger partial charge on any atom is -0.367 e. The highest BCUT2D eigenvalue weighted by Crippen LogP contribution is 2.29. The normalized spacial score (nSPS) is 20.0. The zero-order valence-corrected chi connectivity index (χ0v) is 12.7. The predicted octanol–water partition coefficient (Wildman–Crippen LogP) is 2.28. The number of rotatable bonds is 3. The maximum Gasteiger partial charge on any atom is 0.290 e. The van der Waals surface area contributed by atoms with Crippen LogP contribution in [-0.2, 0) is 4.79 Å². The van der Waals surface area contributed by atoms with Gasteiger partial charge in [0.1, 0.15) is 11.0 Å². The number of carbonyl (C=O) groups excluding carboxylic acids is 2. The van der Waals surface area contributed by atoms with Crippen molar-refractivity contribution in [2.75, 3.05) is 5.32 Å².